The van der Waals surface area contributed by atoms with Crippen molar-refractivity contribution in [3.63, 3.8) is 0 Å². The van der Waals surface area contributed by atoms with Crippen LogP contribution in [0.25, 0.3) is 39.4 Å². The molecule has 0 saturated heterocycles. The number of aliphatic hydroxyl groups excluding tert-OH is 1. The molecule has 0 aliphatic rings. The number of ether oxygens (including phenoxy) is 1. The van der Waals surface area contributed by atoms with Crippen LogP contribution in [0.2, 0.25) is 0 Å². The molecule has 0 amide bonds. The highest BCUT2D eigenvalue weighted by Gasteiger charge is 2.60. The van der Waals surface area contributed by atoms with Gasteiger partial charge in [-0.2, -0.15) is 22.0 Å². The third kappa shape index (κ3) is 3.55. The quantitative estimate of drug-likeness (QED) is 0.354. The van der Waals surface area contributed by atoms with Crippen LogP contribution in [0.4, 0.5) is 22.0 Å². The maximum Gasteiger partial charge on any atom is 0.459 e. The molecule has 0 unspecified atom stereocenters. The zero-order valence-electron chi connectivity index (χ0n) is 17.7. The van der Waals surface area contributed by atoms with Gasteiger partial charge in [0.05, 0.1) is 19.4 Å². The lowest BCUT2D eigenvalue weighted by atomic mass is 10.00. The number of rotatable bonds is 5. The Labute approximate surface area is 192 Å². The smallest absolute Gasteiger partial charge is 0.459 e. The van der Waals surface area contributed by atoms with Crippen LogP contribution < -0.4 is 4.74 Å². The molecule has 0 atom stereocenters. The van der Waals surface area contributed by atoms with Crippen molar-refractivity contribution in [2.45, 2.75) is 18.7 Å². The lowest BCUT2D eigenvalue weighted by Gasteiger charge is -2.21. The lowest BCUT2D eigenvalue weighted by Crippen LogP contribution is -2.34. The standard InChI is InChI=1S/C22H14F5N5O3/c1-34-12-4-2-11(3-5-12)14-8-16(21(23,24)22(25,26)27)29-19-13(14)6-7-17-30-18(15(9-33)32(17)19)20-31-28-10-35-20/h2-8,10,33H,9H2,1H3. The number of hydrogen-bond acceptors (Lipinski definition) is 7. The van der Waals surface area contributed by atoms with Crippen molar-refractivity contribution in [1.82, 2.24) is 24.6 Å². The van der Waals surface area contributed by atoms with Gasteiger partial charge in [0.1, 0.15) is 22.7 Å². The molecule has 1 aromatic carbocycles. The normalized spacial score (nSPS) is 12.5. The molecule has 8 nitrogen and oxygen atoms in total. The van der Waals surface area contributed by atoms with Gasteiger partial charge in [-0.05, 0) is 41.5 Å². The number of aromatic nitrogens is 5. The predicted octanol–water partition coefficient (Wildman–Crippen LogP) is 4.75. The van der Waals surface area contributed by atoms with Gasteiger partial charge in [0.15, 0.2) is 5.69 Å². The summed E-state index contributed by atoms with van der Waals surface area (Å²) in [5, 5.41) is 17.6. The fraction of sp³-hybridized carbons (Fsp3) is 0.182. The number of aliphatic hydroxyl groups is 1. The zero-order chi connectivity index (χ0) is 25.0. The molecule has 0 spiro atoms. The molecule has 35 heavy (non-hydrogen) atoms. The summed E-state index contributed by atoms with van der Waals surface area (Å²) in [5.41, 5.74) is -1.18. The highest BCUT2D eigenvalue weighted by Crippen LogP contribution is 2.45. The van der Waals surface area contributed by atoms with Crippen LogP contribution in [-0.2, 0) is 12.5 Å². The van der Waals surface area contributed by atoms with Gasteiger partial charge in [-0.3, -0.25) is 4.40 Å². The number of benzene rings is 1. The lowest BCUT2D eigenvalue weighted by molar-refractivity contribution is -0.290. The first-order valence-electron chi connectivity index (χ1n) is 9.97. The molecule has 0 radical (unpaired) electrons. The molecule has 4 aromatic heterocycles. The summed E-state index contributed by atoms with van der Waals surface area (Å²) in [6.45, 7) is -0.669. The van der Waals surface area contributed by atoms with Crippen LogP contribution in [-0.4, -0.2) is 43.0 Å². The van der Waals surface area contributed by atoms with Crippen LogP contribution in [0.5, 0.6) is 5.75 Å². The van der Waals surface area contributed by atoms with E-state index in [1.807, 2.05) is 0 Å². The van der Waals surface area contributed by atoms with Gasteiger partial charge in [-0.25, -0.2) is 9.97 Å². The fourth-order valence-corrected chi connectivity index (χ4v) is 3.76. The Morgan fingerprint density at radius 3 is 2.37 bits per heavy atom. The van der Waals surface area contributed by atoms with Gasteiger partial charge in [0.25, 0.3) is 5.89 Å². The summed E-state index contributed by atoms with van der Waals surface area (Å²) in [6.07, 6.45) is -4.86. The van der Waals surface area contributed by atoms with Gasteiger partial charge >= 0.3 is 12.1 Å². The van der Waals surface area contributed by atoms with Gasteiger partial charge in [-0.1, -0.05) is 12.1 Å². The summed E-state index contributed by atoms with van der Waals surface area (Å²) in [5.74, 6) is -4.85. The zero-order valence-corrected chi connectivity index (χ0v) is 17.7. The number of methoxy groups -OCH3 is 1. The fourth-order valence-electron chi connectivity index (χ4n) is 3.76. The average molecular weight is 491 g/mol. The monoisotopic (exact) mass is 491 g/mol. The third-order valence-electron chi connectivity index (χ3n) is 5.44. The van der Waals surface area contributed by atoms with E-state index in [2.05, 4.69) is 20.2 Å². The molecule has 0 fully saturated rings. The Morgan fingerprint density at radius 1 is 1.03 bits per heavy atom. The largest absolute Gasteiger partial charge is 0.497 e. The number of pyridine rings is 2. The third-order valence-corrected chi connectivity index (χ3v) is 5.44. The van der Waals surface area contributed by atoms with E-state index >= 15 is 0 Å². The summed E-state index contributed by atoms with van der Waals surface area (Å²) in [7, 11) is 1.44. The van der Waals surface area contributed by atoms with E-state index in [1.54, 1.807) is 12.1 Å². The molecule has 0 bridgehead atoms. The van der Waals surface area contributed by atoms with Crippen molar-refractivity contribution in [2.75, 3.05) is 7.11 Å². The summed E-state index contributed by atoms with van der Waals surface area (Å²) in [6, 6.07) is 9.86. The first kappa shape index (κ1) is 22.7. The van der Waals surface area contributed by atoms with E-state index < -0.39 is 24.4 Å². The van der Waals surface area contributed by atoms with Gasteiger partial charge < -0.3 is 14.3 Å². The molecule has 5 rings (SSSR count). The van der Waals surface area contributed by atoms with E-state index in [4.69, 9.17) is 9.15 Å². The molecule has 0 aliphatic heterocycles. The topological polar surface area (TPSA) is 98.6 Å². The molecule has 13 heteroatoms. The number of hydrogen-bond donors (Lipinski definition) is 1. The Balaban J connectivity index is 1.89. The van der Waals surface area contributed by atoms with E-state index in [0.29, 0.717) is 17.4 Å². The number of fused-ring (bicyclic) bond motifs is 3. The minimum Gasteiger partial charge on any atom is -0.497 e. The van der Waals surface area contributed by atoms with Gasteiger partial charge in [0.2, 0.25) is 6.39 Å². The first-order chi connectivity index (χ1) is 16.7. The molecular weight excluding hydrogens is 477 g/mol. The van der Waals surface area contributed by atoms with Crippen molar-refractivity contribution >= 4 is 16.7 Å². The molecular formula is C22H14F5N5O3. The van der Waals surface area contributed by atoms with Crippen molar-refractivity contribution in [2.24, 2.45) is 0 Å². The van der Waals surface area contributed by atoms with E-state index in [9.17, 15) is 27.1 Å². The number of halogens is 5. The van der Waals surface area contributed by atoms with Crippen molar-refractivity contribution in [1.29, 1.82) is 0 Å². The molecule has 180 valence electrons. The minimum absolute atomic E-state index is 0.0236. The van der Waals surface area contributed by atoms with Gasteiger partial charge in [0, 0.05) is 5.39 Å². The Morgan fingerprint density at radius 2 is 1.77 bits per heavy atom. The second-order valence-electron chi connectivity index (χ2n) is 7.43. The summed E-state index contributed by atoms with van der Waals surface area (Å²) < 4.78 is 80.4. The van der Waals surface area contributed by atoms with Crippen LogP contribution >= 0.6 is 0 Å². The molecule has 0 aliphatic carbocycles. The van der Waals surface area contributed by atoms with E-state index in [-0.39, 0.29) is 39.5 Å². The van der Waals surface area contributed by atoms with Crippen LogP contribution in [0, 0.1) is 0 Å². The highest BCUT2D eigenvalue weighted by atomic mass is 19.4. The van der Waals surface area contributed by atoms with E-state index in [1.165, 1.54) is 35.8 Å². The molecule has 1 N–H and O–H groups in total. The molecule has 4 heterocycles. The SMILES string of the molecule is COc1ccc(-c2cc(C(F)(F)C(F)(F)F)nc3c2ccc2nc(-c4nnco4)c(CO)n23)cc1. The number of nitrogens with zero attached hydrogens (tertiary/aromatic N) is 5. The average Bonchev–Trinajstić information content (AvgIpc) is 3.50. The second-order valence-corrected chi connectivity index (χ2v) is 7.43. The Kier molecular flexibility index (Phi) is 5.16. The minimum atomic E-state index is -5.89. The van der Waals surface area contributed by atoms with Crippen molar-refractivity contribution in [3.05, 3.63) is 60.2 Å². The van der Waals surface area contributed by atoms with Crippen LogP contribution in [0.15, 0.2) is 53.3 Å². The first-order valence-corrected chi connectivity index (χ1v) is 9.97. The predicted molar refractivity (Wildman–Crippen MR) is 112 cm³/mol. The Bertz CT molecular complexity index is 1530. The summed E-state index contributed by atoms with van der Waals surface area (Å²) >= 11 is 0. The number of alkyl halides is 5. The van der Waals surface area contributed by atoms with Gasteiger partial charge in [-0.15, -0.1) is 10.2 Å². The van der Waals surface area contributed by atoms with E-state index in [0.717, 1.165) is 6.39 Å². The Hall–Kier alpha value is -4.13. The van der Waals surface area contributed by atoms with Crippen LogP contribution in [0.1, 0.15) is 11.4 Å². The maximum absolute atomic E-state index is 14.5. The van der Waals surface area contributed by atoms with Crippen LogP contribution in [0.3, 0.4) is 0 Å². The molecule has 5 aromatic rings. The summed E-state index contributed by atoms with van der Waals surface area (Å²) in [4.78, 5) is 8.00. The number of imidazole rings is 1. The van der Waals surface area contributed by atoms with Crippen molar-refractivity contribution < 1.29 is 36.2 Å². The second kappa shape index (κ2) is 7.98. The van der Waals surface area contributed by atoms with Crippen molar-refractivity contribution in [3.8, 4) is 28.5 Å². The molecule has 0 saturated carbocycles. The maximum atomic E-state index is 14.5. The highest BCUT2D eigenvalue weighted by molar-refractivity contribution is 5.95.